The van der Waals surface area contributed by atoms with Crippen LogP contribution in [0, 0.1) is 19.8 Å². The van der Waals surface area contributed by atoms with E-state index in [4.69, 9.17) is 0 Å². The number of aliphatic hydroxyl groups is 1. The van der Waals surface area contributed by atoms with Crippen LogP contribution >= 0.6 is 0 Å². The van der Waals surface area contributed by atoms with Gasteiger partial charge in [0.25, 0.3) is 0 Å². The van der Waals surface area contributed by atoms with Crippen molar-refractivity contribution < 1.29 is 15.0 Å². The van der Waals surface area contributed by atoms with E-state index in [1.54, 1.807) is 10.9 Å². The number of amides is 1. The lowest BCUT2D eigenvalue weighted by Gasteiger charge is -2.61. The minimum Gasteiger partial charge on any atom is -0.508 e. The molecule has 2 N–H and O–H groups in total. The van der Waals surface area contributed by atoms with Crippen molar-refractivity contribution in [2.24, 2.45) is 5.92 Å². The lowest BCUT2D eigenvalue weighted by molar-refractivity contribution is -0.149. The lowest BCUT2D eigenvalue weighted by atomic mass is 9.52. The predicted octanol–water partition coefficient (Wildman–Crippen LogP) is 2.54. The van der Waals surface area contributed by atoms with Gasteiger partial charge in [-0.05, 0) is 93.2 Å². The second-order valence-corrected chi connectivity index (χ2v) is 11.3. The molecule has 0 unspecified atom stereocenters. The molecule has 0 radical (unpaired) electrons. The minimum absolute atomic E-state index is 0.0538. The van der Waals surface area contributed by atoms with Crippen molar-refractivity contribution in [3.8, 4) is 5.75 Å². The summed E-state index contributed by atoms with van der Waals surface area (Å²) in [5.41, 5.74) is 2.96. The Bertz CT molecular complexity index is 1130. The summed E-state index contributed by atoms with van der Waals surface area (Å²) in [6.07, 6.45) is 9.22. The Morgan fingerprint density at radius 1 is 1.15 bits per heavy atom. The first-order valence-corrected chi connectivity index (χ1v) is 12.9. The zero-order valence-electron chi connectivity index (χ0n) is 20.3. The van der Waals surface area contributed by atoms with E-state index >= 15 is 0 Å². The van der Waals surface area contributed by atoms with Gasteiger partial charge in [-0.25, -0.2) is 0 Å². The molecule has 2 aliphatic heterocycles. The van der Waals surface area contributed by atoms with Crippen molar-refractivity contribution in [2.45, 2.75) is 76.0 Å². The summed E-state index contributed by atoms with van der Waals surface area (Å²) in [4.78, 5) is 17.7. The van der Waals surface area contributed by atoms with Crippen LogP contribution in [0.1, 0.15) is 54.4 Å². The van der Waals surface area contributed by atoms with Gasteiger partial charge in [-0.15, -0.1) is 0 Å². The van der Waals surface area contributed by atoms with Crippen LogP contribution in [0.25, 0.3) is 0 Å². The Morgan fingerprint density at radius 2 is 1.91 bits per heavy atom. The van der Waals surface area contributed by atoms with Crippen molar-refractivity contribution in [1.29, 1.82) is 0 Å². The molecule has 182 valence electrons. The first kappa shape index (κ1) is 22.1. The predicted molar refractivity (Wildman–Crippen MR) is 129 cm³/mol. The maximum Gasteiger partial charge on any atom is 0.244 e. The highest BCUT2D eigenvalue weighted by Gasteiger charge is 2.63. The van der Waals surface area contributed by atoms with E-state index in [0.717, 1.165) is 55.0 Å². The van der Waals surface area contributed by atoms with Crippen LogP contribution in [0.15, 0.2) is 24.5 Å². The molecule has 1 aromatic heterocycles. The molecule has 0 spiro atoms. The summed E-state index contributed by atoms with van der Waals surface area (Å²) in [5.74, 6) is 1.12. The topological polar surface area (TPSA) is 81.8 Å². The number of piperidine rings is 1. The Balaban J connectivity index is 1.35. The summed E-state index contributed by atoms with van der Waals surface area (Å²) in [6.45, 7) is 7.36. The molecule has 1 aromatic carbocycles. The summed E-state index contributed by atoms with van der Waals surface area (Å²) in [7, 11) is 0. The Morgan fingerprint density at radius 3 is 2.65 bits per heavy atom. The molecule has 3 fully saturated rings. The van der Waals surface area contributed by atoms with Gasteiger partial charge in [-0.1, -0.05) is 6.07 Å². The molecule has 1 amide bonds. The smallest absolute Gasteiger partial charge is 0.244 e. The number of carbonyl (C=O) groups is 1. The lowest BCUT2D eigenvalue weighted by Crippen LogP contribution is -2.71. The standard InChI is InChI=1S/C27H36N4O3/c1-18-14-28-31(15-18)17-25(33)29-8-5-26-6-9-30(16-20-3-4-20)24(27(26,34)7-10-29)12-21-11-19(2)23(32)13-22(21)26/h11,13-15,20,24,32,34H,3-10,12,16-17H2,1-2H3/t24-,26+,27-/m1/s1. The fourth-order valence-electron chi connectivity index (χ4n) is 7.09. The van der Waals surface area contributed by atoms with Crippen LogP contribution in [-0.2, 0) is 23.2 Å². The van der Waals surface area contributed by atoms with Crippen molar-refractivity contribution in [3.63, 3.8) is 0 Å². The van der Waals surface area contributed by atoms with Crippen molar-refractivity contribution in [3.05, 3.63) is 46.8 Å². The summed E-state index contributed by atoms with van der Waals surface area (Å²) >= 11 is 0. The number of benzene rings is 1. The molecule has 2 aromatic rings. The Labute approximate surface area is 201 Å². The average molecular weight is 465 g/mol. The van der Waals surface area contributed by atoms with E-state index in [9.17, 15) is 15.0 Å². The van der Waals surface area contributed by atoms with Crippen molar-refractivity contribution >= 4 is 5.91 Å². The van der Waals surface area contributed by atoms with Crippen LogP contribution in [0.3, 0.4) is 0 Å². The second-order valence-electron chi connectivity index (χ2n) is 11.3. The number of aryl methyl sites for hydroxylation is 2. The quantitative estimate of drug-likeness (QED) is 0.727. The molecule has 3 atom stereocenters. The molecule has 3 heterocycles. The van der Waals surface area contributed by atoms with Gasteiger partial charge in [0.1, 0.15) is 12.3 Å². The van der Waals surface area contributed by atoms with E-state index in [1.165, 1.54) is 18.4 Å². The summed E-state index contributed by atoms with van der Waals surface area (Å²) < 4.78 is 1.70. The van der Waals surface area contributed by atoms with Crippen molar-refractivity contribution in [2.75, 3.05) is 26.2 Å². The van der Waals surface area contributed by atoms with Gasteiger partial charge in [0.05, 0.1) is 11.8 Å². The number of likely N-dealkylation sites (tertiary alicyclic amines) is 2. The van der Waals surface area contributed by atoms with E-state index in [1.807, 2.05) is 31.0 Å². The van der Waals surface area contributed by atoms with Gasteiger partial charge in [0.2, 0.25) is 5.91 Å². The molecule has 6 rings (SSSR count). The van der Waals surface area contributed by atoms with Crippen LogP contribution in [-0.4, -0.2) is 73.5 Å². The van der Waals surface area contributed by atoms with Gasteiger partial charge in [0, 0.05) is 37.3 Å². The van der Waals surface area contributed by atoms with E-state index in [2.05, 4.69) is 16.1 Å². The molecule has 1 saturated carbocycles. The molecule has 2 saturated heterocycles. The monoisotopic (exact) mass is 464 g/mol. The zero-order valence-corrected chi connectivity index (χ0v) is 20.3. The number of phenols is 1. The van der Waals surface area contributed by atoms with Gasteiger partial charge in [-0.2, -0.15) is 5.10 Å². The van der Waals surface area contributed by atoms with Crippen LogP contribution in [0.5, 0.6) is 5.75 Å². The first-order valence-electron chi connectivity index (χ1n) is 12.9. The Kier molecular flexibility index (Phi) is 5.08. The number of carbonyl (C=O) groups excluding carboxylic acids is 1. The molecular weight excluding hydrogens is 428 g/mol. The van der Waals surface area contributed by atoms with Gasteiger partial charge in [0.15, 0.2) is 0 Å². The van der Waals surface area contributed by atoms with E-state index in [0.29, 0.717) is 25.3 Å². The summed E-state index contributed by atoms with van der Waals surface area (Å²) in [6, 6.07) is 4.11. The summed E-state index contributed by atoms with van der Waals surface area (Å²) in [5, 5.41) is 27.5. The highest BCUT2D eigenvalue weighted by atomic mass is 16.3. The molecule has 2 aliphatic carbocycles. The third-order valence-electron chi connectivity index (χ3n) is 9.17. The highest BCUT2D eigenvalue weighted by molar-refractivity contribution is 5.76. The number of nitrogens with zero attached hydrogens (tertiary/aromatic N) is 4. The number of fused-ring (bicyclic) bond motifs is 1. The van der Waals surface area contributed by atoms with E-state index in [-0.39, 0.29) is 18.5 Å². The maximum absolute atomic E-state index is 13.2. The van der Waals surface area contributed by atoms with Crippen LogP contribution < -0.4 is 0 Å². The Hall–Kier alpha value is -2.38. The number of hydrogen-bond acceptors (Lipinski definition) is 5. The van der Waals surface area contributed by atoms with Crippen molar-refractivity contribution in [1.82, 2.24) is 19.6 Å². The number of aromatic nitrogens is 2. The van der Waals surface area contributed by atoms with Crippen LogP contribution in [0.2, 0.25) is 0 Å². The maximum atomic E-state index is 13.2. The van der Waals surface area contributed by atoms with Crippen LogP contribution in [0.4, 0.5) is 0 Å². The fourth-order valence-corrected chi connectivity index (χ4v) is 7.09. The SMILES string of the molecule is Cc1cnn(CC(=O)N2CC[C@]34CCN(CC5CC5)[C@H](Cc5cc(C)c(O)cc53)[C@]4(O)CC2)c1. The fraction of sp³-hybridized carbons (Fsp3) is 0.630. The number of rotatable bonds is 4. The molecule has 34 heavy (non-hydrogen) atoms. The van der Waals surface area contributed by atoms with Gasteiger partial charge in [-0.3, -0.25) is 14.4 Å². The molecule has 2 bridgehead atoms. The molecule has 7 nitrogen and oxygen atoms in total. The van der Waals surface area contributed by atoms with E-state index < -0.39 is 11.0 Å². The third-order valence-corrected chi connectivity index (χ3v) is 9.17. The second kappa shape index (κ2) is 7.82. The third kappa shape index (κ3) is 3.39. The highest BCUT2D eigenvalue weighted by Crippen LogP contribution is 2.57. The molecular formula is C27H36N4O3. The van der Waals surface area contributed by atoms with Gasteiger partial charge < -0.3 is 15.1 Å². The normalized spacial score (nSPS) is 31.0. The average Bonchev–Trinajstić information content (AvgIpc) is 3.55. The zero-order chi connectivity index (χ0) is 23.7. The van der Waals surface area contributed by atoms with Gasteiger partial charge >= 0.3 is 0 Å². The molecule has 4 aliphatic rings. The number of phenolic OH excluding ortho intramolecular Hbond substituents is 1. The largest absolute Gasteiger partial charge is 0.508 e. The number of hydrogen-bond donors (Lipinski definition) is 2. The number of aromatic hydroxyl groups is 1. The molecule has 7 heteroatoms. The first-order chi connectivity index (χ1) is 16.3. The minimum atomic E-state index is -0.911.